The molecule has 1 heterocycles. The molecule has 13 heavy (non-hydrogen) atoms. The molecule has 0 bridgehead atoms. The van der Waals surface area contributed by atoms with E-state index in [1.165, 1.54) is 0 Å². The van der Waals surface area contributed by atoms with E-state index in [2.05, 4.69) is 10.6 Å². The van der Waals surface area contributed by atoms with Gasteiger partial charge in [-0.1, -0.05) is 0 Å². The van der Waals surface area contributed by atoms with Crippen LogP contribution in [0.15, 0.2) is 11.1 Å². The molecule has 1 aliphatic rings. The van der Waals surface area contributed by atoms with E-state index in [1.807, 2.05) is 13.0 Å². The Bertz CT molecular complexity index is 269. The summed E-state index contributed by atoms with van der Waals surface area (Å²) in [6.45, 7) is 3.89. The molecule has 0 aromatic carbocycles. The molecule has 0 aromatic rings. The molecule has 1 rings (SSSR count). The molecule has 1 fully saturated rings. The summed E-state index contributed by atoms with van der Waals surface area (Å²) in [6, 6.07) is 1.98. The topological polar surface area (TPSA) is 64.9 Å². The average Bonchev–Trinajstić information content (AvgIpc) is 2.01. The van der Waals surface area contributed by atoms with Crippen molar-refractivity contribution in [1.29, 1.82) is 5.26 Å². The van der Waals surface area contributed by atoms with E-state index >= 15 is 0 Å². The van der Waals surface area contributed by atoms with Crippen molar-refractivity contribution in [3.8, 4) is 6.07 Å². The number of nitrogens with one attached hydrogen (secondary N) is 2. The number of rotatable bonds is 3. The predicted molar refractivity (Wildman–Crippen MR) is 48.8 cm³/mol. The molecule has 70 valence electrons. The van der Waals surface area contributed by atoms with E-state index < -0.39 is 0 Å². The number of carbonyl (C=O) groups is 1. The minimum absolute atomic E-state index is 0.0493. The largest absolute Gasteiger partial charge is 0.351 e. The lowest BCUT2D eigenvalue weighted by atomic mass is 10.0. The van der Waals surface area contributed by atoms with Gasteiger partial charge in [0.2, 0.25) is 5.91 Å². The number of amides is 1. The molecule has 0 saturated carbocycles. The first-order chi connectivity index (χ1) is 6.25. The molecule has 1 aliphatic heterocycles. The predicted octanol–water partition coefficient (Wildman–Crippen LogP) is -0.0640. The van der Waals surface area contributed by atoms with Gasteiger partial charge < -0.3 is 10.6 Å². The number of nitriles is 1. The maximum atomic E-state index is 11.3. The third-order valence-electron chi connectivity index (χ3n) is 2.07. The fraction of sp³-hybridized carbons (Fsp3) is 0.556. The highest BCUT2D eigenvalue weighted by atomic mass is 16.1. The van der Waals surface area contributed by atoms with Crippen LogP contribution < -0.4 is 10.6 Å². The van der Waals surface area contributed by atoms with Crippen LogP contribution in [0.2, 0.25) is 0 Å². The lowest BCUT2D eigenvalue weighted by molar-refractivity contribution is -0.117. The van der Waals surface area contributed by atoms with Crippen molar-refractivity contribution in [2.24, 2.45) is 0 Å². The Balaban J connectivity index is 2.35. The summed E-state index contributed by atoms with van der Waals surface area (Å²) in [5.74, 6) is -0.0493. The summed E-state index contributed by atoms with van der Waals surface area (Å²) in [7, 11) is 0. The zero-order valence-electron chi connectivity index (χ0n) is 7.68. The van der Waals surface area contributed by atoms with E-state index in [0.717, 1.165) is 24.2 Å². The maximum Gasteiger partial charge on any atom is 0.246 e. The van der Waals surface area contributed by atoms with Gasteiger partial charge in [-0.2, -0.15) is 5.26 Å². The zero-order valence-corrected chi connectivity index (χ0v) is 7.68. The first kappa shape index (κ1) is 9.75. The summed E-state index contributed by atoms with van der Waals surface area (Å²) >= 11 is 0. The standard InChI is InChI=1S/C9H13N3O/c1-7(8-5-11-6-8)9(13)12-4-2-3-10/h11H,2,4-6H2,1H3,(H,12,13). The molecular weight excluding hydrogens is 166 g/mol. The minimum Gasteiger partial charge on any atom is -0.351 e. The van der Waals surface area contributed by atoms with Crippen LogP contribution >= 0.6 is 0 Å². The molecule has 0 spiro atoms. The molecule has 1 saturated heterocycles. The Morgan fingerprint density at radius 3 is 2.85 bits per heavy atom. The zero-order chi connectivity index (χ0) is 9.68. The minimum atomic E-state index is -0.0493. The lowest BCUT2D eigenvalue weighted by Gasteiger charge is -2.21. The highest BCUT2D eigenvalue weighted by Crippen LogP contribution is 2.08. The van der Waals surface area contributed by atoms with Crippen molar-refractivity contribution in [2.45, 2.75) is 13.3 Å². The fourth-order valence-electron chi connectivity index (χ4n) is 1.04. The summed E-state index contributed by atoms with van der Waals surface area (Å²) in [5.41, 5.74) is 1.95. The molecule has 0 radical (unpaired) electrons. The molecule has 4 heteroatoms. The second-order valence-electron chi connectivity index (χ2n) is 3.00. The van der Waals surface area contributed by atoms with Crippen LogP contribution in [0.3, 0.4) is 0 Å². The molecule has 2 N–H and O–H groups in total. The summed E-state index contributed by atoms with van der Waals surface area (Å²) in [6.07, 6.45) is 0.368. The van der Waals surface area contributed by atoms with Crippen LogP contribution in [-0.4, -0.2) is 25.5 Å². The second kappa shape index (κ2) is 4.63. The van der Waals surface area contributed by atoms with Gasteiger partial charge in [0.05, 0.1) is 12.5 Å². The van der Waals surface area contributed by atoms with Crippen LogP contribution in [0, 0.1) is 11.3 Å². The smallest absolute Gasteiger partial charge is 0.246 e. The van der Waals surface area contributed by atoms with E-state index in [1.54, 1.807) is 0 Å². The van der Waals surface area contributed by atoms with Crippen molar-refractivity contribution < 1.29 is 4.79 Å². The Morgan fingerprint density at radius 2 is 2.38 bits per heavy atom. The summed E-state index contributed by atoms with van der Waals surface area (Å²) in [5, 5.41) is 14.0. The van der Waals surface area contributed by atoms with Crippen LogP contribution in [0.4, 0.5) is 0 Å². The van der Waals surface area contributed by atoms with E-state index in [0.29, 0.717) is 13.0 Å². The molecule has 0 atom stereocenters. The first-order valence-corrected chi connectivity index (χ1v) is 4.30. The van der Waals surface area contributed by atoms with Gasteiger partial charge >= 0.3 is 0 Å². The van der Waals surface area contributed by atoms with Crippen molar-refractivity contribution in [3.63, 3.8) is 0 Å². The SMILES string of the molecule is CC(C(=O)NCCC#N)=C1CNC1. The molecule has 1 amide bonds. The second-order valence-corrected chi connectivity index (χ2v) is 3.00. The van der Waals surface area contributed by atoms with Gasteiger partial charge in [0, 0.05) is 25.2 Å². The van der Waals surface area contributed by atoms with Gasteiger partial charge in [0.1, 0.15) is 0 Å². The third-order valence-corrected chi connectivity index (χ3v) is 2.07. The summed E-state index contributed by atoms with van der Waals surface area (Å²) < 4.78 is 0. The van der Waals surface area contributed by atoms with Crippen molar-refractivity contribution >= 4 is 5.91 Å². The van der Waals surface area contributed by atoms with E-state index in [4.69, 9.17) is 5.26 Å². The maximum absolute atomic E-state index is 11.3. The van der Waals surface area contributed by atoms with Gasteiger partial charge in [-0.15, -0.1) is 0 Å². The van der Waals surface area contributed by atoms with Gasteiger partial charge in [0.25, 0.3) is 0 Å². The van der Waals surface area contributed by atoms with Crippen molar-refractivity contribution in [2.75, 3.05) is 19.6 Å². The first-order valence-electron chi connectivity index (χ1n) is 4.30. The quantitative estimate of drug-likeness (QED) is 0.471. The number of hydrogen-bond donors (Lipinski definition) is 2. The van der Waals surface area contributed by atoms with Crippen LogP contribution in [0.5, 0.6) is 0 Å². The Kier molecular flexibility index (Phi) is 3.47. The van der Waals surface area contributed by atoms with Gasteiger partial charge in [-0.25, -0.2) is 0 Å². The Hall–Kier alpha value is -1.34. The van der Waals surface area contributed by atoms with Crippen LogP contribution in [0.1, 0.15) is 13.3 Å². The van der Waals surface area contributed by atoms with Crippen molar-refractivity contribution in [3.05, 3.63) is 11.1 Å². The molecule has 0 unspecified atom stereocenters. The number of nitrogens with zero attached hydrogens (tertiary/aromatic N) is 1. The van der Waals surface area contributed by atoms with Crippen molar-refractivity contribution in [1.82, 2.24) is 10.6 Å². The molecule has 0 aromatic heterocycles. The highest BCUT2D eigenvalue weighted by molar-refractivity contribution is 5.93. The Labute approximate surface area is 77.6 Å². The molecule has 0 aliphatic carbocycles. The highest BCUT2D eigenvalue weighted by Gasteiger charge is 2.15. The number of hydrogen-bond acceptors (Lipinski definition) is 3. The fourth-order valence-corrected chi connectivity index (χ4v) is 1.04. The molecule has 4 nitrogen and oxygen atoms in total. The number of carbonyl (C=O) groups excluding carboxylic acids is 1. The van der Waals surface area contributed by atoms with E-state index in [-0.39, 0.29) is 5.91 Å². The Morgan fingerprint density at radius 1 is 1.69 bits per heavy atom. The van der Waals surface area contributed by atoms with Crippen LogP contribution in [-0.2, 0) is 4.79 Å². The lowest BCUT2D eigenvalue weighted by Crippen LogP contribution is -2.37. The molecular formula is C9H13N3O. The summed E-state index contributed by atoms with van der Waals surface area (Å²) in [4.78, 5) is 11.3. The third kappa shape index (κ3) is 2.56. The average molecular weight is 179 g/mol. The van der Waals surface area contributed by atoms with Gasteiger partial charge in [0.15, 0.2) is 0 Å². The van der Waals surface area contributed by atoms with Crippen LogP contribution in [0.25, 0.3) is 0 Å². The van der Waals surface area contributed by atoms with Gasteiger partial charge in [-0.3, -0.25) is 4.79 Å². The van der Waals surface area contributed by atoms with Gasteiger partial charge in [-0.05, 0) is 12.5 Å². The monoisotopic (exact) mass is 179 g/mol. The van der Waals surface area contributed by atoms with E-state index in [9.17, 15) is 4.79 Å². The normalized spacial score (nSPS) is 14.3.